The Bertz CT molecular complexity index is 1290. The van der Waals surface area contributed by atoms with Gasteiger partial charge in [0.1, 0.15) is 5.75 Å². The molecule has 4 saturated carbocycles. The van der Waals surface area contributed by atoms with Gasteiger partial charge >= 0.3 is 0 Å². The molecule has 1 aromatic rings. The number of aromatic nitrogens is 1. The molecule has 0 spiro atoms. The first-order chi connectivity index (χ1) is 20.5. The van der Waals surface area contributed by atoms with Crippen LogP contribution in [0.4, 0.5) is 0 Å². The second-order valence-electron chi connectivity index (χ2n) is 16.4. The number of Topliss-reactive ketones (excluding diaryl/α,β-unsaturated/α-hetero) is 1. The van der Waals surface area contributed by atoms with Crippen LogP contribution in [0.5, 0.6) is 5.88 Å². The largest absolute Gasteiger partial charge is 0.478 e. The van der Waals surface area contributed by atoms with Crippen molar-refractivity contribution in [1.29, 1.82) is 0 Å². The van der Waals surface area contributed by atoms with E-state index >= 15 is 0 Å². The molecule has 1 heterocycles. The molecule has 0 amide bonds. The van der Waals surface area contributed by atoms with Crippen LogP contribution in [-0.4, -0.2) is 58.7 Å². The maximum atomic E-state index is 12.6. The van der Waals surface area contributed by atoms with Crippen LogP contribution in [0.2, 0.25) is 0 Å². The average Bonchev–Trinajstić information content (AvgIpc) is 3.31. The molecule has 0 aromatic carbocycles. The predicted molar refractivity (Wildman–Crippen MR) is 173 cm³/mol. The molecule has 2 N–H and O–H groups in total. The van der Waals surface area contributed by atoms with Gasteiger partial charge in [-0.05, 0) is 130 Å². The number of ether oxygens (including phenoxy) is 1. The fourth-order valence-electron chi connectivity index (χ4n) is 10.6. The third kappa shape index (κ3) is 5.90. The van der Waals surface area contributed by atoms with Crippen LogP contribution in [0.1, 0.15) is 117 Å². The van der Waals surface area contributed by atoms with Gasteiger partial charge in [0, 0.05) is 17.8 Å². The normalized spacial score (nSPS) is 39.6. The molecule has 4 aliphatic rings. The average molecular weight is 632 g/mol. The highest BCUT2D eigenvalue weighted by atomic mass is 32.2. The Morgan fingerprint density at radius 3 is 2.36 bits per heavy atom. The van der Waals surface area contributed by atoms with Gasteiger partial charge in [0.05, 0.1) is 23.6 Å². The number of carbonyl (C=O) groups excluding carboxylic acids is 1. The van der Waals surface area contributed by atoms with Crippen LogP contribution in [0.15, 0.2) is 18.3 Å². The number of hydrogen-bond acceptors (Lipinski definition) is 7. The second-order valence-corrected chi connectivity index (χ2v) is 19.2. The van der Waals surface area contributed by atoms with Gasteiger partial charge in [0.15, 0.2) is 15.6 Å². The van der Waals surface area contributed by atoms with Crippen molar-refractivity contribution in [2.45, 2.75) is 123 Å². The second kappa shape index (κ2) is 12.3. The zero-order chi connectivity index (χ0) is 32.2. The first-order valence-corrected chi connectivity index (χ1v) is 18.9. The molecule has 44 heavy (non-hydrogen) atoms. The molecule has 0 saturated heterocycles. The van der Waals surface area contributed by atoms with Crippen molar-refractivity contribution < 1.29 is 28.2 Å². The van der Waals surface area contributed by atoms with Crippen molar-refractivity contribution in [1.82, 2.24) is 4.98 Å². The SMILES string of the molecule is CC[C@H]1[C@@H](O)[C@@H]2[C@H](CC[C@]3(C)[C@@H]([C@H](C)CCOc4ccc(C(=O)CS(=O)(=O)C(C)(C)C)cn4)CC[C@@H]23)[C@@]2(C)CC[C@@H](O)C[C@@H]12. The van der Waals surface area contributed by atoms with E-state index in [1.54, 1.807) is 32.9 Å². The number of carbonyl (C=O) groups is 1. The summed E-state index contributed by atoms with van der Waals surface area (Å²) in [7, 11) is -3.56. The van der Waals surface area contributed by atoms with Crippen LogP contribution in [0, 0.1) is 52.3 Å². The number of ketones is 1. The highest BCUT2D eigenvalue weighted by Crippen LogP contribution is 2.69. The highest BCUT2D eigenvalue weighted by molar-refractivity contribution is 7.93. The third-order valence-corrected chi connectivity index (χ3v) is 15.8. The smallest absolute Gasteiger partial charge is 0.213 e. The van der Waals surface area contributed by atoms with E-state index in [9.17, 15) is 23.4 Å². The maximum Gasteiger partial charge on any atom is 0.213 e. The molecular formula is C36H57NO6S. The van der Waals surface area contributed by atoms with E-state index < -0.39 is 26.1 Å². The number of hydrogen-bond donors (Lipinski definition) is 2. The number of aliphatic hydroxyl groups excluding tert-OH is 2. The van der Waals surface area contributed by atoms with Crippen molar-refractivity contribution in [2.24, 2.45) is 52.3 Å². The molecule has 1 aromatic heterocycles. The fraction of sp³-hybridized carbons (Fsp3) is 0.833. The minimum atomic E-state index is -3.56. The molecule has 5 rings (SSSR count). The number of fused-ring (bicyclic) bond motifs is 5. The van der Waals surface area contributed by atoms with Crippen molar-refractivity contribution in [2.75, 3.05) is 12.4 Å². The zero-order valence-corrected chi connectivity index (χ0v) is 28.9. The lowest BCUT2D eigenvalue weighted by atomic mass is 9.41. The van der Waals surface area contributed by atoms with Crippen LogP contribution >= 0.6 is 0 Å². The highest BCUT2D eigenvalue weighted by Gasteiger charge is 2.64. The first-order valence-electron chi connectivity index (χ1n) is 17.2. The quantitative estimate of drug-likeness (QED) is 0.299. The number of aliphatic hydroxyl groups is 2. The zero-order valence-electron chi connectivity index (χ0n) is 28.1. The molecule has 0 radical (unpaired) electrons. The molecule has 11 atom stereocenters. The lowest BCUT2D eigenvalue weighted by Crippen LogP contribution is -2.62. The van der Waals surface area contributed by atoms with Gasteiger partial charge in [-0.15, -0.1) is 0 Å². The van der Waals surface area contributed by atoms with Gasteiger partial charge in [-0.1, -0.05) is 34.1 Å². The van der Waals surface area contributed by atoms with E-state index in [1.807, 2.05) is 0 Å². The van der Waals surface area contributed by atoms with E-state index in [0.29, 0.717) is 48.0 Å². The lowest BCUT2D eigenvalue weighted by Gasteiger charge is -2.64. The van der Waals surface area contributed by atoms with Gasteiger partial charge in [-0.2, -0.15) is 0 Å². The Morgan fingerprint density at radius 1 is 1.05 bits per heavy atom. The molecule has 248 valence electrons. The number of pyridine rings is 1. The van der Waals surface area contributed by atoms with E-state index in [2.05, 4.69) is 32.7 Å². The summed E-state index contributed by atoms with van der Waals surface area (Å²) in [6.07, 6.45) is 10.4. The molecule has 4 fully saturated rings. The van der Waals surface area contributed by atoms with Gasteiger partial charge in [-0.3, -0.25) is 4.79 Å². The molecule has 0 aliphatic heterocycles. The Morgan fingerprint density at radius 2 is 1.73 bits per heavy atom. The van der Waals surface area contributed by atoms with Gasteiger partial charge in [0.2, 0.25) is 5.88 Å². The van der Waals surface area contributed by atoms with Crippen LogP contribution in [-0.2, 0) is 9.84 Å². The minimum Gasteiger partial charge on any atom is -0.478 e. The van der Waals surface area contributed by atoms with Crippen molar-refractivity contribution in [3.8, 4) is 5.88 Å². The van der Waals surface area contributed by atoms with Crippen LogP contribution in [0.3, 0.4) is 0 Å². The number of rotatable bonds is 9. The molecular weight excluding hydrogens is 574 g/mol. The van der Waals surface area contributed by atoms with Crippen LogP contribution in [0.25, 0.3) is 0 Å². The van der Waals surface area contributed by atoms with Crippen molar-refractivity contribution in [3.05, 3.63) is 23.9 Å². The lowest BCUT2D eigenvalue weighted by molar-refractivity contribution is -0.203. The minimum absolute atomic E-state index is 0.213. The van der Waals surface area contributed by atoms with Crippen molar-refractivity contribution >= 4 is 15.6 Å². The topological polar surface area (TPSA) is 114 Å². The van der Waals surface area contributed by atoms with E-state index in [4.69, 9.17) is 4.74 Å². The molecule has 0 bridgehead atoms. The molecule has 8 heteroatoms. The summed E-state index contributed by atoms with van der Waals surface area (Å²) >= 11 is 0. The Balaban J connectivity index is 1.20. The monoisotopic (exact) mass is 631 g/mol. The Labute approximate surface area is 265 Å². The summed E-state index contributed by atoms with van der Waals surface area (Å²) < 4.78 is 29.9. The summed E-state index contributed by atoms with van der Waals surface area (Å²) in [6, 6.07) is 3.26. The van der Waals surface area contributed by atoms with E-state index in [1.165, 1.54) is 31.9 Å². The Hall–Kier alpha value is -1.51. The first kappa shape index (κ1) is 33.8. The molecule has 0 unspecified atom stereocenters. The van der Waals surface area contributed by atoms with Crippen LogP contribution < -0.4 is 4.74 Å². The summed E-state index contributed by atoms with van der Waals surface area (Å²) in [6.45, 7) is 14.9. The number of sulfone groups is 1. The molecule has 7 nitrogen and oxygen atoms in total. The standard InChI is InChI=1S/C36H57NO6S/c1-8-25-29-19-24(38)13-16-36(29,7)28-14-17-35(6)26(10-11-27(35)32(28)33(25)40)22(2)15-18-43-31-12-9-23(20-37-31)30(39)21-44(41,42)34(3,4)5/h9,12,20,22,24-29,32-33,38,40H,8,10-11,13-19,21H2,1-7H3/t22-,24-,25-,26-,27+,28+,29+,32+,33-,35-,36-/m1/s1. The van der Waals surface area contributed by atoms with Gasteiger partial charge < -0.3 is 14.9 Å². The van der Waals surface area contributed by atoms with E-state index in [-0.39, 0.29) is 34.5 Å². The third-order valence-electron chi connectivity index (χ3n) is 13.3. The predicted octanol–water partition coefficient (Wildman–Crippen LogP) is 6.51. The summed E-state index contributed by atoms with van der Waals surface area (Å²) in [4.78, 5) is 16.9. The van der Waals surface area contributed by atoms with Gasteiger partial charge in [0.25, 0.3) is 0 Å². The maximum absolute atomic E-state index is 12.6. The van der Waals surface area contributed by atoms with Gasteiger partial charge in [-0.25, -0.2) is 13.4 Å². The summed E-state index contributed by atoms with van der Waals surface area (Å²) in [5.41, 5.74) is 0.709. The van der Waals surface area contributed by atoms with Crippen molar-refractivity contribution in [3.63, 3.8) is 0 Å². The number of nitrogens with zero attached hydrogens (tertiary/aromatic N) is 1. The Kier molecular flexibility index (Phi) is 9.43. The fourth-order valence-corrected chi connectivity index (χ4v) is 11.5. The molecule has 4 aliphatic carbocycles. The summed E-state index contributed by atoms with van der Waals surface area (Å²) in [5.74, 6) is 2.65. The summed E-state index contributed by atoms with van der Waals surface area (Å²) in [5, 5.41) is 22.5. The van der Waals surface area contributed by atoms with E-state index in [0.717, 1.165) is 32.1 Å².